The SMILES string of the molecule is COc1ccc(CSc2cnc3c(C#N)cnn3c2)cc1. The number of hydrogen-bond donors (Lipinski definition) is 0. The van der Waals surface area contributed by atoms with Gasteiger partial charge >= 0.3 is 0 Å². The van der Waals surface area contributed by atoms with E-state index in [-0.39, 0.29) is 0 Å². The van der Waals surface area contributed by atoms with E-state index in [0.717, 1.165) is 16.4 Å². The first kappa shape index (κ1) is 13.5. The number of fused-ring (bicyclic) bond motifs is 1. The number of nitriles is 1. The highest BCUT2D eigenvalue weighted by molar-refractivity contribution is 7.98. The molecule has 1 aromatic carbocycles. The summed E-state index contributed by atoms with van der Waals surface area (Å²) in [6.45, 7) is 0. The van der Waals surface area contributed by atoms with Crippen molar-refractivity contribution in [2.24, 2.45) is 0 Å². The molecule has 0 aliphatic carbocycles. The fourth-order valence-electron chi connectivity index (χ4n) is 1.90. The van der Waals surface area contributed by atoms with Crippen LogP contribution in [0, 0.1) is 11.3 Å². The lowest BCUT2D eigenvalue weighted by Crippen LogP contribution is -1.91. The first-order valence-corrected chi connectivity index (χ1v) is 7.28. The van der Waals surface area contributed by atoms with E-state index in [1.807, 2.05) is 30.5 Å². The predicted molar refractivity (Wildman–Crippen MR) is 80.3 cm³/mol. The van der Waals surface area contributed by atoms with Crippen LogP contribution in [0.5, 0.6) is 5.75 Å². The van der Waals surface area contributed by atoms with E-state index in [1.165, 1.54) is 11.8 Å². The van der Waals surface area contributed by atoms with Crippen molar-refractivity contribution in [3.63, 3.8) is 0 Å². The average Bonchev–Trinajstić information content (AvgIpc) is 2.95. The second-order valence-corrected chi connectivity index (χ2v) is 5.41. The number of ether oxygens (including phenoxy) is 1. The van der Waals surface area contributed by atoms with Crippen molar-refractivity contribution in [3.05, 3.63) is 54.0 Å². The van der Waals surface area contributed by atoms with Crippen molar-refractivity contribution in [2.75, 3.05) is 7.11 Å². The van der Waals surface area contributed by atoms with Crippen molar-refractivity contribution in [1.29, 1.82) is 5.26 Å². The first-order chi connectivity index (χ1) is 10.3. The van der Waals surface area contributed by atoms with Crippen LogP contribution in [0.1, 0.15) is 11.1 Å². The molecule has 21 heavy (non-hydrogen) atoms. The fraction of sp³-hybridized carbons (Fsp3) is 0.133. The highest BCUT2D eigenvalue weighted by Crippen LogP contribution is 2.23. The molecule has 0 unspecified atom stereocenters. The molecule has 104 valence electrons. The molecule has 3 rings (SSSR count). The van der Waals surface area contributed by atoms with Crippen molar-refractivity contribution in [3.8, 4) is 11.8 Å². The summed E-state index contributed by atoms with van der Waals surface area (Å²) in [4.78, 5) is 5.29. The molecule has 0 atom stereocenters. The maximum absolute atomic E-state index is 8.93. The Morgan fingerprint density at radius 3 is 2.81 bits per heavy atom. The van der Waals surface area contributed by atoms with Crippen molar-refractivity contribution >= 4 is 17.4 Å². The lowest BCUT2D eigenvalue weighted by Gasteiger charge is -2.04. The summed E-state index contributed by atoms with van der Waals surface area (Å²) in [7, 11) is 1.66. The normalized spacial score (nSPS) is 10.5. The summed E-state index contributed by atoms with van der Waals surface area (Å²) in [5, 5.41) is 13.1. The molecule has 0 bridgehead atoms. The summed E-state index contributed by atoms with van der Waals surface area (Å²) >= 11 is 1.67. The second-order valence-electron chi connectivity index (χ2n) is 4.36. The zero-order valence-corrected chi connectivity index (χ0v) is 12.2. The molecule has 0 amide bonds. The monoisotopic (exact) mass is 296 g/mol. The summed E-state index contributed by atoms with van der Waals surface area (Å²) < 4.78 is 6.77. The van der Waals surface area contributed by atoms with E-state index < -0.39 is 0 Å². The van der Waals surface area contributed by atoms with E-state index in [9.17, 15) is 0 Å². The number of nitrogens with zero attached hydrogens (tertiary/aromatic N) is 4. The third-order valence-electron chi connectivity index (χ3n) is 3.02. The maximum atomic E-state index is 8.93. The molecule has 0 spiro atoms. The molecular formula is C15H12N4OS. The van der Waals surface area contributed by atoms with E-state index in [4.69, 9.17) is 10.00 Å². The van der Waals surface area contributed by atoms with Gasteiger partial charge in [-0.05, 0) is 17.7 Å². The molecule has 0 saturated heterocycles. The minimum atomic E-state index is 0.488. The lowest BCUT2D eigenvalue weighted by molar-refractivity contribution is 0.414. The Bertz CT molecular complexity index is 805. The molecule has 3 aromatic rings. The van der Waals surface area contributed by atoms with Gasteiger partial charge in [0.25, 0.3) is 0 Å². The van der Waals surface area contributed by atoms with Crippen LogP contribution in [0.25, 0.3) is 5.65 Å². The van der Waals surface area contributed by atoms with Crippen LogP contribution < -0.4 is 4.74 Å². The van der Waals surface area contributed by atoms with Crippen LogP contribution in [0.3, 0.4) is 0 Å². The lowest BCUT2D eigenvalue weighted by atomic mass is 10.2. The van der Waals surface area contributed by atoms with Gasteiger partial charge in [0.05, 0.1) is 13.3 Å². The van der Waals surface area contributed by atoms with Gasteiger partial charge in [-0.3, -0.25) is 0 Å². The van der Waals surface area contributed by atoms with E-state index >= 15 is 0 Å². The predicted octanol–water partition coefficient (Wildman–Crippen LogP) is 2.90. The second kappa shape index (κ2) is 5.85. The van der Waals surface area contributed by atoms with Crippen molar-refractivity contribution in [1.82, 2.24) is 14.6 Å². The first-order valence-electron chi connectivity index (χ1n) is 6.29. The fourth-order valence-corrected chi connectivity index (χ4v) is 2.73. The Kier molecular flexibility index (Phi) is 3.75. The number of benzene rings is 1. The summed E-state index contributed by atoms with van der Waals surface area (Å²) in [5.74, 6) is 1.69. The number of aromatic nitrogens is 3. The Labute approximate surface area is 126 Å². The van der Waals surface area contributed by atoms with Gasteiger partial charge in [-0.1, -0.05) is 12.1 Å². The van der Waals surface area contributed by atoms with Gasteiger partial charge in [0.2, 0.25) is 0 Å². The molecule has 0 aliphatic heterocycles. The quantitative estimate of drug-likeness (QED) is 0.693. The van der Waals surface area contributed by atoms with Gasteiger partial charge in [-0.2, -0.15) is 10.4 Å². The molecule has 0 radical (unpaired) electrons. The summed E-state index contributed by atoms with van der Waals surface area (Å²) in [6, 6.07) is 10.1. The topological polar surface area (TPSA) is 63.2 Å². The van der Waals surface area contributed by atoms with Crippen LogP contribution in [-0.4, -0.2) is 21.7 Å². The molecule has 2 heterocycles. The highest BCUT2D eigenvalue weighted by Gasteiger charge is 2.05. The molecule has 0 fully saturated rings. The standard InChI is InChI=1S/C15H12N4OS/c1-20-13-4-2-11(3-5-13)10-21-14-8-17-15-12(6-16)7-18-19(15)9-14/h2-5,7-9H,10H2,1H3. The summed E-state index contributed by atoms with van der Waals surface area (Å²) in [5.41, 5.74) is 2.28. The number of thioether (sulfide) groups is 1. The van der Waals surface area contributed by atoms with Gasteiger partial charge in [0, 0.05) is 23.0 Å². The largest absolute Gasteiger partial charge is 0.497 e. The van der Waals surface area contributed by atoms with Gasteiger partial charge < -0.3 is 4.74 Å². The number of hydrogen-bond acceptors (Lipinski definition) is 5. The van der Waals surface area contributed by atoms with Crippen LogP contribution >= 0.6 is 11.8 Å². The zero-order valence-electron chi connectivity index (χ0n) is 11.4. The molecule has 6 heteroatoms. The average molecular weight is 296 g/mol. The molecule has 0 N–H and O–H groups in total. The Balaban J connectivity index is 1.74. The van der Waals surface area contributed by atoms with Gasteiger partial charge in [-0.15, -0.1) is 11.8 Å². The van der Waals surface area contributed by atoms with Crippen LogP contribution in [0.4, 0.5) is 0 Å². The van der Waals surface area contributed by atoms with Crippen LogP contribution in [0.15, 0.2) is 47.8 Å². The molecular weight excluding hydrogens is 284 g/mol. The Morgan fingerprint density at radius 2 is 2.10 bits per heavy atom. The summed E-state index contributed by atoms with van der Waals surface area (Å²) in [6.07, 6.45) is 5.18. The van der Waals surface area contributed by atoms with E-state index in [0.29, 0.717) is 11.2 Å². The van der Waals surface area contributed by atoms with Gasteiger partial charge in [-0.25, -0.2) is 9.50 Å². The smallest absolute Gasteiger partial charge is 0.172 e. The maximum Gasteiger partial charge on any atom is 0.172 e. The molecule has 0 aliphatic rings. The Morgan fingerprint density at radius 1 is 1.29 bits per heavy atom. The van der Waals surface area contributed by atoms with E-state index in [1.54, 1.807) is 29.6 Å². The minimum Gasteiger partial charge on any atom is -0.497 e. The van der Waals surface area contributed by atoms with Crippen LogP contribution in [-0.2, 0) is 5.75 Å². The third kappa shape index (κ3) is 2.83. The molecule has 0 saturated carbocycles. The van der Waals surface area contributed by atoms with Gasteiger partial charge in [0.15, 0.2) is 5.65 Å². The number of rotatable bonds is 4. The number of methoxy groups -OCH3 is 1. The third-order valence-corrected chi connectivity index (χ3v) is 4.04. The Hall–Kier alpha value is -2.52. The zero-order chi connectivity index (χ0) is 14.7. The van der Waals surface area contributed by atoms with Crippen LogP contribution in [0.2, 0.25) is 0 Å². The van der Waals surface area contributed by atoms with Gasteiger partial charge in [0.1, 0.15) is 17.4 Å². The van der Waals surface area contributed by atoms with Crippen molar-refractivity contribution < 1.29 is 4.74 Å². The van der Waals surface area contributed by atoms with E-state index in [2.05, 4.69) is 16.2 Å². The highest BCUT2D eigenvalue weighted by atomic mass is 32.2. The minimum absolute atomic E-state index is 0.488. The molecule has 5 nitrogen and oxygen atoms in total. The molecule has 2 aromatic heterocycles. The van der Waals surface area contributed by atoms with Crippen molar-refractivity contribution in [2.45, 2.75) is 10.6 Å².